The van der Waals surface area contributed by atoms with E-state index in [1.165, 1.54) is 7.11 Å². The van der Waals surface area contributed by atoms with E-state index in [9.17, 15) is 9.18 Å². The third-order valence-corrected chi connectivity index (χ3v) is 3.19. The Morgan fingerprint density at radius 3 is 2.20 bits per heavy atom. The summed E-state index contributed by atoms with van der Waals surface area (Å²) < 4.78 is 18.6. The summed E-state index contributed by atoms with van der Waals surface area (Å²) in [4.78, 5) is 12.4. The van der Waals surface area contributed by atoms with Gasteiger partial charge in [-0.05, 0) is 55.3 Å². The first kappa shape index (κ1) is 14.1. The third-order valence-electron chi connectivity index (χ3n) is 3.19. The molecule has 2 N–H and O–H groups in total. The number of nitrogen functional groups attached to an aromatic ring is 1. The molecule has 2 aromatic carbocycles. The van der Waals surface area contributed by atoms with Gasteiger partial charge < -0.3 is 10.5 Å². The van der Waals surface area contributed by atoms with Crippen molar-refractivity contribution >= 4 is 11.5 Å². The van der Waals surface area contributed by atoms with Crippen LogP contribution in [0, 0.1) is 19.7 Å². The Balaban J connectivity index is 2.44. The first-order valence-electron chi connectivity index (χ1n) is 6.19. The van der Waals surface area contributed by atoms with Gasteiger partial charge in [-0.1, -0.05) is 0 Å². The van der Waals surface area contributed by atoms with E-state index in [1.807, 2.05) is 0 Å². The molecule has 0 saturated heterocycles. The molecule has 4 heteroatoms. The topological polar surface area (TPSA) is 52.3 Å². The molecule has 0 bridgehead atoms. The average Bonchev–Trinajstić information content (AvgIpc) is 2.43. The number of anilines is 1. The molecule has 0 saturated carbocycles. The van der Waals surface area contributed by atoms with E-state index < -0.39 is 0 Å². The van der Waals surface area contributed by atoms with Gasteiger partial charge in [0.25, 0.3) is 0 Å². The number of hydrogen-bond donors (Lipinski definition) is 1. The van der Waals surface area contributed by atoms with Crippen molar-refractivity contribution in [2.75, 3.05) is 12.8 Å². The van der Waals surface area contributed by atoms with E-state index in [0.29, 0.717) is 33.7 Å². The summed E-state index contributed by atoms with van der Waals surface area (Å²) >= 11 is 0. The second-order valence-corrected chi connectivity index (χ2v) is 4.71. The van der Waals surface area contributed by atoms with Gasteiger partial charge in [0.15, 0.2) is 5.78 Å². The van der Waals surface area contributed by atoms with Crippen molar-refractivity contribution in [3.8, 4) is 5.75 Å². The van der Waals surface area contributed by atoms with Crippen molar-refractivity contribution in [3.05, 3.63) is 58.4 Å². The number of carbonyl (C=O) groups is 1. The number of halogens is 1. The zero-order chi connectivity index (χ0) is 14.9. The van der Waals surface area contributed by atoms with Crippen LogP contribution in [0.15, 0.2) is 30.3 Å². The second-order valence-electron chi connectivity index (χ2n) is 4.71. The molecule has 2 rings (SSSR count). The molecule has 0 aromatic heterocycles. The summed E-state index contributed by atoms with van der Waals surface area (Å²) in [6.07, 6.45) is 0. The number of ketones is 1. The van der Waals surface area contributed by atoms with Gasteiger partial charge in [-0.3, -0.25) is 4.79 Å². The van der Waals surface area contributed by atoms with Crippen LogP contribution >= 0.6 is 0 Å². The maximum atomic E-state index is 13.6. The minimum atomic E-state index is -0.282. The van der Waals surface area contributed by atoms with E-state index in [1.54, 1.807) is 44.2 Å². The predicted octanol–water partition coefficient (Wildman–Crippen LogP) is 3.26. The fourth-order valence-electron chi connectivity index (χ4n) is 2.12. The van der Waals surface area contributed by atoms with Crippen LogP contribution in [0.2, 0.25) is 0 Å². The number of rotatable bonds is 3. The molecule has 104 valence electrons. The lowest BCUT2D eigenvalue weighted by atomic mass is 9.98. The summed E-state index contributed by atoms with van der Waals surface area (Å²) in [6.45, 7) is 3.28. The number of nitrogens with two attached hydrogens (primary N) is 1. The van der Waals surface area contributed by atoms with E-state index >= 15 is 0 Å². The number of ether oxygens (including phenoxy) is 1. The van der Waals surface area contributed by atoms with Gasteiger partial charge in [0.1, 0.15) is 11.6 Å². The molecular formula is C16H16FNO2. The normalized spacial score (nSPS) is 10.4. The van der Waals surface area contributed by atoms with Crippen molar-refractivity contribution in [2.24, 2.45) is 0 Å². The Hall–Kier alpha value is -2.36. The highest BCUT2D eigenvalue weighted by Crippen LogP contribution is 2.24. The van der Waals surface area contributed by atoms with Crippen LogP contribution in [0.4, 0.5) is 10.1 Å². The molecule has 0 heterocycles. The Kier molecular flexibility index (Phi) is 3.74. The minimum Gasteiger partial charge on any atom is -0.495 e. The zero-order valence-electron chi connectivity index (χ0n) is 11.7. The fraction of sp³-hybridized carbons (Fsp3) is 0.188. The summed E-state index contributed by atoms with van der Waals surface area (Å²) in [5.74, 6) is 0.0503. The van der Waals surface area contributed by atoms with Crippen molar-refractivity contribution < 1.29 is 13.9 Å². The first-order valence-corrected chi connectivity index (χ1v) is 6.19. The summed E-state index contributed by atoms with van der Waals surface area (Å²) in [7, 11) is 1.51. The van der Waals surface area contributed by atoms with Crippen LogP contribution in [0.1, 0.15) is 27.0 Å². The maximum absolute atomic E-state index is 13.6. The smallest absolute Gasteiger partial charge is 0.193 e. The molecule has 0 radical (unpaired) electrons. The molecule has 20 heavy (non-hydrogen) atoms. The Bertz CT molecular complexity index is 657. The lowest BCUT2D eigenvalue weighted by molar-refractivity contribution is 0.103. The van der Waals surface area contributed by atoms with Crippen LogP contribution in [-0.4, -0.2) is 12.9 Å². The standard InChI is InChI=1S/C16H16FNO2/c1-9-6-12(7-10(2)15(9)17)16(19)11-4-5-14(20-3)13(18)8-11/h4-8H,18H2,1-3H3. The molecule has 0 fully saturated rings. The Morgan fingerprint density at radius 1 is 1.10 bits per heavy atom. The number of aryl methyl sites for hydroxylation is 2. The lowest BCUT2D eigenvalue weighted by Gasteiger charge is -2.08. The van der Waals surface area contributed by atoms with E-state index in [-0.39, 0.29) is 11.6 Å². The highest BCUT2D eigenvalue weighted by molar-refractivity contribution is 6.09. The van der Waals surface area contributed by atoms with Crippen LogP contribution in [0.5, 0.6) is 5.75 Å². The molecule has 2 aromatic rings. The van der Waals surface area contributed by atoms with Crippen molar-refractivity contribution in [3.63, 3.8) is 0 Å². The fourth-order valence-corrected chi connectivity index (χ4v) is 2.12. The van der Waals surface area contributed by atoms with Crippen molar-refractivity contribution in [1.82, 2.24) is 0 Å². The Morgan fingerprint density at radius 2 is 1.70 bits per heavy atom. The average molecular weight is 273 g/mol. The van der Waals surface area contributed by atoms with E-state index in [0.717, 1.165) is 0 Å². The first-order chi connectivity index (χ1) is 9.43. The van der Waals surface area contributed by atoms with Crippen LogP contribution in [0.25, 0.3) is 0 Å². The highest BCUT2D eigenvalue weighted by atomic mass is 19.1. The summed E-state index contributed by atoms with van der Waals surface area (Å²) in [6, 6.07) is 7.95. The second kappa shape index (κ2) is 5.33. The van der Waals surface area contributed by atoms with Crippen LogP contribution < -0.4 is 10.5 Å². The molecule has 0 atom stereocenters. The van der Waals surface area contributed by atoms with Gasteiger partial charge in [0.2, 0.25) is 0 Å². The third kappa shape index (κ3) is 2.50. The SMILES string of the molecule is COc1ccc(C(=O)c2cc(C)c(F)c(C)c2)cc1N. The predicted molar refractivity (Wildman–Crippen MR) is 76.7 cm³/mol. The zero-order valence-corrected chi connectivity index (χ0v) is 11.7. The molecule has 0 amide bonds. The highest BCUT2D eigenvalue weighted by Gasteiger charge is 2.14. The van der Waals surface area contributed by atoms with Gasteiger partial charge in [-0.25, -0.2) is 4.39 Å². The Labute approximate surface area is 117 Å². The van der Waals surface area contributed by atoms with Gasteiger partial charge in [0.05, 0.1) is 12.8 Å². The minimum absolute atomic E-state index is 0.189. The monoisotopic (exact) mass is 273 g/mol. The van der Waals surface area contributed by atoms with Crippen molar-refractivity contribution in [1.29, 1.82) is 0 Å². The molecular weight excluding hydrogens is 257 g/mol. The van der Waals surface area contributed by atoms with E-state index in [2.05, 4.69) is 0 Å². The molecule has 0 spiro atoms. The maximum Gasteiger partial charge on any atom is 0.193 e. The molecule has 0 aliphatic rings. The summed E-state index contributed by atoms with van der Waals surface area (Å²) in [5.41, 5.74) is 8.00. The van der Waals surface area contributed by atoms with Crippen molar-refractivity contribution in [2.45, 2.75) is 13.8 Å². The number of hydrogen-bond acceptors (Lipinski definition) is 3. The quantitative estimate of drug-likeness (QED) is 0.689. The van der Waals surface area contributed by atoms with Gasteiger partial charge >= 0.3 is 0 Å². The van der Waals surface area contributed by atoms with Crippen LogP contribution in [-0.2, 0) is 0 Å². The molecule has 0 aliphatic carbocycles. The van der Waals surface area contributed by atoms with Gasteiger partial charge in [-0.15, -0.1) is 0 Å². The molecule has 0 aliphatic heterocycles. The van der Waals surface area contributed by atoms with Gasteiger partial charge in [0, 0.05) is 11.1 Å². The van der Waals surface area contributed by atoms with Gasteiger partial charge in [-0.2, -0.15) is 0 Å². The molecule has 0 unspecified atom stereocenters. The largest absolute Gasteiger partial charge is 0.495 e. The van der Waals surface area contributed by atoms with Crippen LogP contribution in [0.3, 0.4) is 0 Å². The van der Waals surface area contributed by atoms with E-state index in [4.69, 9.17) is 10.5 Å². The lowest BCUT2D eigenvalue weighted by Crippen LogP contribution is -2.05. The number of carbonyl (C=O) groups excluding carboxylic acids is 1. The summed E-state index contributed by atoms with van der Waals surface area (Å²) in [5, 5.41) is 0. The number of benzene rings is 2. The number of methoxy groups -OCH3 is 1. The molecule has 3 nitrogen and oxygen atoms in total.